The highest BCUT2D eigenvalue weighted by molar-refractivity contribution is 9.09. The first-order valence-corrected chi connectivity index (χ1v) is 7.22. The Labute approximate surface area is 97.9 Å². The Balaban J connectivity index is 5.14. The first-order chi connectivity index (χ1) is 5.93. The first kappa shape index (κ1) is 14.1. The molecule has 0 aromatic heterocycles. The largest absolute Gasteiger partial charge is 0.251 e. The lowest BCUT2D eigenvalue weighted by atomic mass is 11.2. The van der Waals surface area contributed by atoms with Gasteiger partial charge in [-0.15, -0.1) is 0 Å². The molecule has 7 heteroatoms. The van der Waals surface area contributed by atoms with Crippen LogP contribution in [0.4, 0.5) is 0 Å². The van der Waals surface area contributed by atoms with Crippen molar-refractivity contribution in [1.82, 2.24) is 14.0 Å². The van der Waals surface area contributed by atoms with Gasteiger partial charge < -0.3 is 0 Å². The summed E-state index contributed by atoms with van der Waals surface area (Å²) in [6.07, 6.45) is 0. The second-order valence-corrected chi connectivity index (χ2v) is 8.04. The molecule has 0 aliphatic heterocycles. The Hall–Kier alpha value is 1.07. The SMILES string of the molecule is CN(C)P(=NBr)(N(C)C)N(C)CBr. The van der Waals surface area contributed by atoms with Gasteiger partial charge in [0, 0.05) is 0 Å². The molecule has 0 aromatic carbocycles. The maximum atomic E-state index is 4.36. The second kappa shape index (κ2) is 5.83. The van der Waals surface area contributed by atoms with E-state index in [1.807, 2.05) is 35.2 Å². The van der Waals surface area contributed by atoms with E-state index < -0.39 is 7.51 Å². The van der Waals surface area contributed by atoms with Crippen molar-refractivity contribution in [3.05, 3.63) is 0 Å². The van der Waals surface area contributed by atoms with Crippen LogP contribution in [0.25, 0.3) is 0 Å². The minimum absolute atomic E-state index is 0.798. The molecule has 4 nitrogen and oxygen atoms in total. The molecule has 0 rings (SSSR count). The predicted molar refractivity (Wildman–Crippen MR) is 67.2 cm³/mol. The highest BCUT2D eigenvalue weighted by Crippen LogP contribution is 2.56. The van der Waals surface area contributed by atoms with Crippen LogP contribution in [0.5, 0.6) is 0 Å². The predicted octanol–water partition coefficient (Wildman–Crippen LogP) is 2.65. The number of hydrogen-bond acceptors (Lipinski definition) is 1. The molecule has 0 unspecified atom stereocenters. The van der Waals surface area contributed by atoms with E-state index in [2.05, 4.69) is 49.9 Å². The molecule has 0 saturated heterocycles. The summed E-state index contributed by atoms with van der Waals surface area (Å²) >= 11 is 6.69. The molecule has 0 heterocycles. The number of halogens is 2. The van der Waals surface area contributed by atoms with Crippen LogP contribution in [0.15, 0.2) is 3.77 Å². The van der Waals surface area contributed by atoms with Gasteiger partial charge in [0.25, 0.3) is 0 Å². The zero-order valence-electron chi connectivity index (χ0n) is 8.70. The first-order valence-electron chi connectivity index (χ1n) is 3.79. The molecule has 0 spiro atoms. The van der Waals surface area contributed by atoms with Gasteiger partial charge in [-0.05, 0) is 35.2 Å². The molecule has 0 atom stereocenters. The van der Waals surface area contributed by atoms with Gasteiger partial charge in [-0.25, -0.2) is 4.67 Å². The van der Waals surface area contributed by atoms with Crippen molar-refractivity contribution in [2.45, 2.75) is 0 Å². The van der Waals surface area contributed by atoms with E-state index in [9.17, 15) is 0 Å². The maximum absolute atomic E-state index is 4.36. The van der Waals surface area contributed by atoms with Crippen molar-refractivity contribution >= 4 is 39.6 Å². The maximum Gasteiger partial charge on any atom is 0.179 e. The van der Waals surface area contributed by atoms with Crippen LogP contribution in [-0.2, 0) is 0 Å². The number of nitrogens with zero attached hydrogens (tertiary/aromatic N) is 4. The van der Waals surface area contributed by atoms with Crippen LogP contribution in [-0.4, -0.2) is 54.7 Å². The Kier molecular flexibility index (Phi) is 6.31. The monoisotopic (exact) mass is 334 g/mol. The quantitative estimate of drug-likeness (QED) is 0.448. The van der Waals surface area contributed by atoms with Gasteiger partial charge in [-0.3, -0.25) is 9.34 Å². The van der Waals surface area contributed by atoms with Crippen molar-refractivity contribution in [3.63, 3.8) is 0 Å². The van der Waals surface area contributed by atoms with Gasteiger partial charge in [0.1, 0.15) is 0 Å². The van der Waals surface area contributed by atoms with Crippen molar-refractivity contribution in [2.75, 3.05) is 40.7 Å². The van der Waals surface area contributed by atoms with Crippen LogP contribution in [0.3, 0.4) is 0 Å². The summed E-state index contributed by atoms with van der Waals surface area (Å²) in [4.78, 5) is 0. The third-order valence-electron chi connectivity index (χ3n) is 1.81. The van der Waals surface area contributed by atoms with Crippen LogP contribution in [0.1, 0.15) is 0 Å². The normalized spacial score (nSPS) is 13.1. The second-order valence-electron chi connectivity index (χ2n) is 3.08. The lowest BCUT2D eigenvalue weighted by Crippen LogP contribution is -2.31. The summed E-state index contributed by atoms with van der Waals surface area (Å²) in [5.74, 6) is 0. The molecule has 80 valence electrons. The summed E-state index contributed by atoms with van der Waals surface area (Å²) < 4.78 is 10.8. The van der Waals surface area contributed by atoms with E-state index in [-0.39, 0.29) is 0 Å². The lowest BCUT2D eigenvalue weighted by Gasteiger charge is -2.40. The van der Waals surface area contributed by atoms with Crippen molar-refractivity contribution < 1.29 is 0 Å². The summed E-state index contributed by atoms with van der Waals surface area (Å²) in [6, 6.07) is 0. The molecular formula is C6H17Br2N4P. The van der Waals surface area contributed by atoms with Gasteiger partial charge in [0.05, 0.1) is 21.6 Å². The minimum Gasteiger partial charge on any atom is -0.251 e. The summed E-state index contributed by atoms with van der Waals surface area (Å²) in [5.41, 5.74) is 0.798. The molecule has 0 aliphatic carbocycles. The molecule has 0 aliphatic rings. The zero-order valence-corrected chi connectivity index (χ0v) is 12.8. The Morgan fingerprint density at radius 1 is 1.08 bits per heavy atom. The molecule has 0 N–H and O–H groups in total. The molecule has 0 radical (unpaired) electrons. The van der Waals surface area contributed by atoms with E-state index in [0.29, 0.717) is 0 Å². The van der Waals surface area contributed by atoms with Crippen molar-refractivity contribution in [3.8, 4) is 0 Å². The van der Waals surface area contributed by atoms with Crippen LogP contribution in [0.2, 0.25) is 0 Å². The number of hydrogen-bond donors (Lipinski definition) is 0. The van der Waals surface area contributed by atoms with Crippen LogP contribution < -0.4 is 0 Å². The standard InChI is InChI=1S/C6H17Br2N4P/c1-10(2)13(9-8,11(3)4)12(5)6-7/h6H2,1-5H3. The third kappa shape index (κ3) is 2.76. The van der Waals surface area contributed by atoms with Gasteiger partial charge in [0.15, 0.2) is 7.51 Å². The molecule has 0 saturated carbocycles. The fourth-order valence-electron chi connectivity index (χ4n) is 1.23. The van der Waals surface area contributed by atoms with E-state index in [0.717, 1.165) is 5.45 Å². The van der Waals surface area contributed by atoms with Gasteiger partial charge >= 0.3 is 0 Å². The molecular weight excluding hydrogens is 319 g/mol. The van der Waals surface area contributed by atoms with Gasteiger partial charge in [-0.1, -0.05) is 15.9 Å². The molecule has 13 heavy (non-hydrogen) atoms. The number of rotatable bonds is 4. The summed E-state index contributed by atoms with van der Waals surface area (Å²) in [5, 5.41) is 0. The van der Waals surface area contributed by atoms with Crippen molar-refractivity contribution in [2.24, 2.45) is 3.77 Å². The lowest BCUT2D eigenvalue weighted by molar-refractivity contribution is 0.470. The highest BCUT2D eigenvalue weighted by Gasteiger charge is 2.29. The molecule has 0 bridgehead atoms. The number of alkyl halides is 1. The molecule has 0 aromatic rings. The fraction of sp³-hybridized carbons (Fsp3) is 1.00. The topological polar surface area (TPSA) is 22.1 Å². The molecule has 0 fully saturated rings. The van der Waals surface area contributed by atoms with E-state index in [1.54, 1.807) is 0 Å². The Morgan fingerprint density at radius 3 is 1.54 bits per heavy atom. The Morgan fingerprint density at radius 2 is 1.46 bits per heavy atom. The van der Waals surface area contributed by atoms with E-state index >= 15 is 0 Å². The minimum atomic E-state index is -1.72. The van der Waals surface area contributed by atoms with Gasteiger partial charge in [0.2, 0.25) is 0 Å². The summed E-state index contributed by atoms with van der Waals surface area (Å²) in [6.45, 7) is 0. The van der Waals surface area contributed by atoms with E-state index in [4.69, 9.17) is 0 Å². The Bertz CT molecular complexity index is 195. The zero-order chi connectivity index (χ0) is 10.6. The average molecular weight is 336 g/mol. The fourth-order valence-corrected chi connectivity index (χ4v) is 7.03. The van der Waals surface area contributed by atoms with E-state index in [1.165, 1.54) is 0 Å². The van der Waals surface area contributed by atoms with Crippen LogP contribution >= 0.6 is 39.6 Å². The smallest absolute Gasteiger partial charge is 0.179 e. The highest BCUT2D eigenvalue weighted by atomic mass is 79.9. The third-order valence-corrected chi connectivity index (χ3v) is 7.63. The van der Waals surface area contributed by atoms with Crippen LogP contribution in [0, 0.1) is 0 Å². The molecule has 0 amide bonds. The average Bonchev–Trinajstić information content (AvgIpc) is 2.04. The van der Waals surface area contributed by atoms with Gasteiger partial charge in [-0.2, -0.15) is 3.77 Å². The van der Waals surface area contributed by atoms with Crippen molar-refractivity contribution in [1.29, 1.82) is 0 Å². The summed E-state index contributed by atoms with van der Waals surface area (Å²) in [7, 11) is 8.49.